The van der Waals surface area contributed by atoms with Crippen LogP contribution < -0.4 is 15.8 Å². The van der Waals surface area contributed by atoms with Gasteiger partial charge in [0.05, 0.1) is 16.3 Å². The molecule has 3 nitrogen and oxygen atoms in total. The number of nitrogen functional groups attached to an aromatic ring is 1. The SMILES string of the molecule is CC(C)Oc1cc(Nc2ccc(F)c(Br)c2)ccc1N. The fourth-order valence-electron chi connectivity index (χ4n) is 1.71. The largest absolute Gasteiger partial charge is 0.489 e. The normalized spacial score (nSPS) is 10.7. The summed E-state index contributed by atoms with van der Waals surface area (Å²) in [5, 5.41) is 3.18. The van der Waals surface area contributed by atoms with E-state index in [-0.39, 0.29) is 11.9 Å². The van der Waals surface area contributed by atoms with Crippen molar-refractivity contribution in [2.24, 2.45) is 0 Å². The monoisotopic (exact) mass is 338 g/mol. The number of hydrogen-bond acceptors (Lipinski definition) is 3. The summed E-state index contributed by atoms with van der Waals surface area (Å²) in [5.41, 5.74) is 8.06. The molecule has 20 heavy (non-hydrogen) atoms. The van der Waals surface area contributed by atoms with Crippen LogP contribution in [0.15, 0.2) is 40.9 Å². The lowest BCUT2D eigenvalue weighted by Gasteiger charge is -2.14. The molecule has 5 heteroatoms. The summed E-state index contributed by atoms with van der Waals surface area (Å²) in [4.78, 5) is 0. The molecule has 0 radical (unpaired) electrons. The van der Waals surface area contributed by atoms with E-state index in [4.69, 9.17) is 10.5 Å². The van der Waals surface area contributed by atoms with Gasteiger partial charge in [0.2, 0.25) is 0 Å². The van der Waals surface area contributed by atoms with Gasteiger partial charge in [-0.05, 0) is 60.1 Å². The van der Waals surface area contributed by atoms with E-state index in [0.717, 1.165) is 11.4 Å². The molecule has 0 saturated carbocycles. The molecule has 2 aromatic rings. The molecule has 0 spiro atoms. The van der Waals surface area contributed by atoms with E-state index >= 15 is 0 Å². The summed E-state index contributed by atoms with van der Waals surface area (Å²) in [6.45, 7) is 3.88. The molecule has 0 bridgehead atoms. The number of rotatable bonds is 4. The highest BCUT2D eigenvalue weighted by molar-refractivity contribution is 9.10. The number of benzene rings is 2. The van der Waals surface area contributed by atoms with E-state index in [2.05, 4.69) is 21.2 Å². The van der Waals surface area contributed by atoms with E-state index < -0.39 is 0 Å². The molecule has 0 aromatic heterocycles. The molecule has 0 atom stereocenters. The molecule has 2 rings (SSSR count). The molecule has 0 unspecified atom stereocenters. The van der Waals surface area contributed by atoms with Gasteiger partial charge in [0.15, 0.2) is 0 Å². The van der Waals surface area contributed by atoms with E-state index in [9.17, 15) is 4.39 Å². The number of nitrogens with two attached hydrogens (primary N) is 1. The van der Waals surface area contributed by atoms with Crippen molar-refractivity contribution >= 4 is 33.0 Å². The third-order valence-electron chi connectivity index (χ3n) is 2.58. The second kappa shape index (κ2) is 6.13. The summed E-state index contributed by atoms with van der Waals surface area (Å²) >= 11 is 3.16. The minimum atomic E-state index is -0.295. The van der Waals surface area contributed by atoms with Gasteiger partial charge in [-0.15, -0.1) is 0 Å². The minimum Gasteiger partial charge on any atom is -0.489 e. The molecule has 0 amide bonds. The fraction of sp³-hybridized carbons (Fsp3) is 0.200. The predicted octanol–water partition coefficient (Wildman–Crippen LogP) is 4.70. The maximum Gasteiger partial charge on any atom is 0.144 e. The van der Waals surface area contributed by atoms with Gasteiger partial charge in [-0.2, -0.15) is 0 Å². The molecule has 0 fully saturated rings. The first kappa shape index (κ1) is 14.7. The van der Waals surface area contributed by atoms with Crippen molar-refractivity contribution in [3.8, 4) is 5.75 Å². The van der Waals surface area contributed by atoms with Crippen LogP contribution in [-0.4, -0.2) is 6.10 Å². The Morgan fingerprint density at radius 1 is 1.15 bits per heavy atom. The lowest BCUT2D eigenvalue weighted by molar-refractivity contribution is 0.244. The molecule has 2 aromatic carbocycles. The molecule has 0 aliphatic carbocycles. The molecule has 3 N–H and O–H groups in total. The first-order chi connectivity index (χ1) is 9.45. The van der Waals surface area contributed by atoms with Crippen molar-refractivity contribution in [1.82, 2.24) is 0 Å². The van der Waals surface area contributed by atoms with Gasteiger partial charge in [-0.3, -0.25) is 0 Å². The van der Waals surface area contributed by atoms with Gasteiger partial charge in [0.1, 0.15) is 11.6 Å². The lowest BCUT2D eigenvalue weighted by Crippen LogP contribution is -2.07. The number of anilines is 3. The van der Waals surface area contributed by atoms with Crippen LogP contribution in [0, 0.1) is 5.82 Å². The average Bonchev–Trinajstić information content (AvgIpc) is 2.37. The number of nitrogens with one attached hydrogen (secondary N) is 1. The zero-order valence-electron chi connectivity index (χ0n) is 11.3. The topological polar surface area (TPSA) is 47.3 Å². The Morgan fingerprint density at radius 2 is 1.80 bits per heavy atom. The molecule has 0 heterocycles. The molecule has 106 valence electrons. The van der Waals surface area contributed by atoms with Crippen molar-refractivity contribution < 1.29 is 9.13 Å². The van der Waals surface area contributed by atoms with Gasteiger partial charge < -0.3 is 15.8 Å². The summed E-state index contributed by atoms with van der Waals surface area (Å²) in [7, 11) is 0. The standard InChI is InChI=1S/C15H16BrFN2O/c1-9(2)20-15-8-11(4-6-14(15)18)19-10-3-5-13(17)12(16)7-10/h3-9,19H,18H2,1-2H3. The van der Waals surface area contributed by atoms with Crippen LogP contribution in [0.2, 0.25) is 0 Å². The van der Waals surface area contributed by atoms with E-state index in [1.807, 2.05) is 26.0 Å². The van der Waals surface area contributed by atoms with Crippen LogP contribution in [0.25, 0.3) is 0 Å². The van der Waals surface area contributed by atoms with E-state index in [0.29, 0.717) is 15.9 Å². The smallest absolute Gasteiger partial charge is 0.144 e. The average molecular weight is 339 g/mol. The second-order valence-electron chi connectivity index (χ2n) is 4.67. The summed E-state index contributed by atoms with van der Waals surface area (Å²) < 4.78 is 19.2. The fourth-order valence-corrected chi connectivity index (χ4v) is 2.09. The van der Waals surface area contributed by atoms with Crippen LogP contribution in [0.1, 0.15) is 13.8 Å². The summed E-state index contributed by atoms with van der Waals surface area (Å²) in [5.74, 6) is 0.336. The third kappa shape index (κ3) is 3.63. The minimum absolute atomic E-state index is 0.0486. The van der Waals surface area contributed by atoms with Gasteiger partial charge in [-0.1, -0.05) is 0 Å². The summed E-state index contributed by atoms with van der Waals surface area (Å²) in [6.07, 6.45) is 0.0486. The first-order valence-electron chi connectivity index (χ1n) is 6.24. The Kier molecular flexibility index (Phi) is 4.49. The third-order valence-corrected chi connectivity index (χ3v) is 3.19. The van der Waals surface area contributed by atoms with Crippen molar-refractivity contribution in [1.29, 1.82) is 0 Å². The lowest BCUT2D eigenvalue weighted by atomic mass is 10.2. The van der Waals surface area contributed by atoms with Gasteiger partial charge >= 0.3 is 0 Å². The maximum atomic E-state index is 13.2. The van der Waals surface area contributed by atoms with Gasteiger partial charge in [0, 0.05) is 17.4 Å². The van der Waals surface area contributed by atoms with E-state index in [1.165, 1.54) is 6.07 Å². The highest BCUT2D eigenvalue weighted by atomic mass is 79.9. The van der Waals surface area contributed by atoms with Crippen molar-refractivity contribution in [2.45, 2.75) is 20.0 Å². The Hall–Kier alpha value is -1.75. The first-order valence-corrected chi connectivity index (χ1v) is 7.03. The number of halogens is 2. The number of hydrogen-bond donors (Lipinski definition) is 2. The van der Waals surface area contributed by atoms with Crippen LogP contribution in [0.4, 0.5) is 21.5 Å². The second-order valence-corrected chi connectivity index (χ2v) is 5.53. The zero-order valence-corrected chi connectivity index (χ0v) is 12.9. The Morgan fingerprint density at radius 3 is 2.45 bits per heavy atom. The zero-order chi connectivity index (χ0) is 14.7. The quantitative estimate of drug-likeness (QED) is 0.794. The molecule has 0 saturated heterocycles. The molecule has 0 aliphatic heterocycles. The molecular weight excluding hydrogens is 323 g/mol. The van der Waals surface area contributed by atoms with E-state index in [1.54, 1.807) is 18.2 Å². The van der Waals surface area contributed by atoms with Crippen LogP contribution in [0.5, 0.6) is 5.75 Å². The molecule has 0 aliphatic rings. The Bertz CT molecular complexity index is 617. The van der Waals surface area contributed by atoms with Gasteiger partial charge in [0.25, 0.3) is 0 Å². The van der Waals surface area contributed by atoms with Crippen LogP contribution in [0.3, 0.4) is 0 Å². The van der Waals surface area contributed by atoms with Gasteiger partial charge in [-0.25, -0.2) is 4.39 Å². The van der Waals surface area contributed by atoms with Crippen LogP contribution in [-0.2, 0) is 0 Å². The molecular formula is C15H16BrFN2O. The Labute approximate surface area is 126 Å². The predicted molar refractivity (Wildman–Crippen MR) is 84.0 cm³/mol. The highest BCUT2D eigenvalue weighted by Gasteiger charge is 2.06. The maximum absolute atomic E-state index is 13.2. The Balaban J connectivity index is 2.22. The summed E-state index contributed by atoms with van der Waals surface area (Å²) in [6, 6.07) is 10.2. The highest BCUT2D eigenvalue weighted by Crippen LogP contribution is 2.29. The van der Waals surface area contributed by atoms with Crippen LogP contribution >= 0.6 is 15.9 Å². The van der Waals surface area contributed by atoms with Crippen molar-refractivity contribution in [2.75, 3.05) is 11.1 Å². The van der Waals surface area contributed by atoms with Crippen molar-refractivity contribution in [3.63, 3.8) is 0 Å². The van der Waals surface area contributed by atoms with Crippen molar-refractivity contribution in [3.05, 3.63) is 46.7 Å². The number of ether oxygens (including phenoxy) is 1.